The van der Waals surface area contributed by atoms with Crippen molar-refractivity contribution in [1.82, 2.24) is 4.98 Å². The van der Waals surface area contributed by atoms with Gasteiger partial charge in [0, 0.05) is 23.3 Å². The number of anilines is 1. The third kappa shape index (κ3) is 5.17. The van der Waals surface area contributed by atoms with Crippen molar-refractivity contribution in [2.75, 3.05) is 26.2 Å². The Balaban J connectivity index is 2.17. The second-order valence-corrected chi connectivity index (χ2v) is 6.72. The number of pyridine rings is 1. The zero-order valence-corrected chi connectivity index (χ0v) is 18.3. The number of rotatable bonds is 7. The average Bonchev–Trinajstić information content (AvgIpc) is 2.85. The molecule has 0 radical (unpaired) electrons. The maximum atomic E-state index is 14.6. The van der Waals surface area contributed by atoms with E-state index in [0.29, 0.717) is 16.4 Å². The Labute approximate surface area is 193 Å². The van der Waals surface area contributed by atoms with E-state index in [9.17, 15) is 22.8 Å². The monoisotopic (exact) mass is 472 g/mol. The van der Waals surface area contributed by atoms with E-state index < -0.39 is 35.3 Å². The van der Waals surface area contributed by atoms with Crippen LogP contribution in [0, 0.1) is 5.82 Å². The molecule has 2 aromatic carbocycles. The topological polar surface area (TPSA) is 78.0 Å². The van der Waals surface area contributed by atoms with Gasteiger partial charge in [-0.2, -0.15) is 8.78 Å². The molecular weight excluding hydrogens is 453 g/mol. The second-order valence-electron chi connectivity index (χ2n) is 6.72. The van der Waals surface area contributed by atoms with Crippen LogP contribution in [0.5, 0.6) is 17.4 Å². The Morgan fingerprint density at radius 3 is 1.68 bits per heavy atom. The predicted molar refractivity (Wildman–Crippen MR) is 118 cm³/mol. The fourth-order valence-corrected chi connectivity index (χ4v) is 3.03. The third-order valence-electron chi connectivity index (χ3n) is 4.71. The molecular formula is C24H19F3N2O5. The summed E-state index contributed by atoms with van der Waals surface area (Å²) in [5.74, 6) is -2.30. The molecule has 0 aliphatic rings. The summed E-state index contributed by atoms with van der Waals surface area (Å²) in [6.45, 7) is 0. The van der Waals surface area contributed by atoms with Crippen molar-refractivity contribution in [3.8, 4) is 17.4 Å². The lowest BCUT2D eigenvalue weighted by atomic mass is 10.1. The molecule has 10 heteroatoms. The van der Waals surface area contributed by atoms with Gasteiger partial charge in [0.05, 0.1) is 21.3 Å². The first-order valence-electron chi connectivity index (χ1n) is 9.73. The molecule has 1 aromatic heterocycles. The standard InChI is InChI=1S/C24H19F3N2O5/c1-32-16-8-4-14(5-9-16)23(30)29(24(31)15-6-10-17(33-2)11-7-15)20-12-18(25)19(13-21(26)27)28-22(20)34-3/h4-13H,1-3H3. The van der Waals surface area contributed by atoms with Gasteiger partial charge in [-0.25, -0.2) is 14.3 Å². The third-order valence-corrected chi connectivity index (χ3v) is 4.71. The van der Waals surface area contributed by atoms with Gasteiger partial charge in [0.15, 0.2) is 5.82 Å². The fraction of sp³-hybridized carbons (Fsp3) is 0.125. The van der Waals surface area contributed by atoms with Gasteiger partial charge >= 0.3 is 0 Å². The summed E-state index contributed by atoms with van der Waals surface area (Å²) in [4.78, 5) is 31.2. The van der Waals surface area contributed by atoms with Crippen molar-refractivity contribution >= 4 is 23.6 Å². The van der Waals surface area contributed by atoms with E-state index in [2.05, 4.69) is 4.98 Å². The number of imide groups is 1. The van der Waals surface area contributed by atoms with Crippen LogP contribution < -0.4 is 19.1 Å². The van der Waals surface area contributed by atoms with E-state index in [1.807, 2.05) is 0 Å². The van der Waals surface area contributed by atoms with Crippen molar-refractivity contribution < 1.29 is 37.0 Å². The van der Waals surface area contributed by atoms with Gasteiger partial charge in [-0.15, -0.1) is 0 Å². The van der Waals surface area contributed by atoms with E-state index in [4.69, 9.17) is 14.2 Å². The zero-order valence-electron chi connectivity index (χ0n) is 18.3. The molecule has 0 bridgehead atoms. The van der Waals surface area contributed by atoms with Crippen molar-refractivity contribution in [1.29, 1.82) is 0 Å². The number of carbonyl (C=O) groups is 2. The van der Waals surface area contributed by atoms with Crippen LogP contribution >= 0.6 is 0 Å². The van der Waals surface area contributed by atoms with Gasteiger partial charge in [-0.3, -0.25) is 9.59 Å². The Morgan fingerprint density at radius 2 is 1.29 bits per heavy atom. The molecule has 0 spiro atoms. The van der Waals surface area contributed by atoms with Crippen LogP contribution in [-0.2, 0) is 0 Å². The fourth-order valence-electron chi connectivity index (χ4n) is 3.03. The van der Waals surface area contributed by atoms with Crippen LogP contribution in [0.15, 0.2) is 60.7 Å². The van der Waals surface area contributed by atoms with Crippen LogP contribution in [0.2, 0.25) is 0 Å². The molecule has 0 saturated heterocycles. The van der Waals surface area contributed by atoms with E-state index in [1.54, 1.807) is 0 Å². The minimum absolute atomic E-state index is 0.0731. The molecule has 176 valence electrons. The van der Waals surface area contributed by atoms with Crippen LogP contribution in [0.1, 0.15) is 26.4 Å². The quantitative estimate of drug-likeness (QED) is 0.452. The number of methoxy groups -OCH3 is 3. The summed E-state index contributed by atoms with van der Waals surface area (Å²) in [6, 6.07) is 12.5. The molecule has 7 nitrogen and oxygen atoms in total. The summed E-state index contributed by atoms with van der Waals surface area (Å²) in [6.07, 6.45) is -1.97. The van der Waals surface area contributed by atoms with Gasteiger partial charge in [-0.05, 0) is 48.5 Å². The van der Waals surface area contributed by atoms with Crippen LogP contribution in [0.25, 0.3) is 6.08 Å². The molecule has 0 unspecified atom stereocenters. The summed E-state index contributed by atoms with van der Waals surface area (Å²) < 4.78 is 55.3. The summed E-state index contributed by atoms with van der Waals surface area (Å²) >= 11 is 0. The van der Waals surface area contributed by atoms with E-state index >= 15 is 0 Å². The predicted octanol–water partition coefficient (Wildman–Crippen LogP) is 4.97. The molecule has 2 amide bonds. The van der Waals surface area contributed by atoms with Gasteiger partial charge in [0.2, 0.25) is 5.88 Å². The van der Waals surface area contributed by atoms with Crippen LogP contribution in [0.3, 0.4) is 0 Å². The number of carbonyl (C=O) groups excluding carboxylic acids is 2. The van der Waals surface area contributed by atoms with E-state index in [-0.39, 0.29) is 22.9 Å². The minimum atomic E-state index is -2.18. The number of amides is 2. The summed E-state index contributed by atoms with van der Waals surface area (Å²) in [7, 11) is 4.05. The average molecular weight is 472 g/mol. The first kappa shape index (κ1) is 24.3. The Bertz CT molecular complexity index is 1170. The normalized spacial score (nSPS) is 10.3. The number of ether oxygens (including phenoxy) is 3. The van der Waals surface area contributed by atoms with Crippen LogP contribution in [0.4, 0.5) is 18.9 Å². The number of halogens is 3. The van der Waals surface area contributed by atoms with E-state index in [1.165, 1.54) is 62.8 Å². The highest BCUT2D eigenvalue weighted by Gasteiger charge is 2.30. The van der Waals surface area contributed by atoms with Crippen molar-refractivity contribution in [2.45, 2.75) is 0 Å². The maximum absolute atomic E-state index is 14.6. The molecule has 0 saturated carbocycles. The maximum Gasteiger partial charge on any atom is 0.272 e. The van der Waals surface area contributed by atoms with Crippen molar-refractivity contribution in [3.63, 3.8) is 0 Å². The largest absolute Gasteiger partial charge is 0.497 e. The highest BCUT2D eigenvalue weighted by molar-refractivity contribution is 6.26. The molecule has 3 aromatic rings. The molecule has 34 heavy (non-hydrogen) atoms. The number of hydrogen-bond donors (Lipinski definition) is 0. The molecule has 0 N–H and O–H groups in total. The molecule has 0 aliphatic heterocycles. The molecule has 0 aliphatic carbocycles. The van der Waals surface area contributed by atoms with Crippen molar-refractivity contribution in [2.24, 2.45) is 0 Å². The Kier molecular flexibility index (Phi) is 7.52. The Morgan fingerprint density at radius 1 is 0.824 bits per heavy atom. The number of aromatic nitrogens is 1. The molecule has 0 fully saturated rings. The number of hydrogen-bond acceptors (Lipinski definition) is 6. The lowest BCUT2D eigenvalue weighted by Gasteiger charge is -2.23. The smallest absolute Gasteiger partial charge is 0.272 e. The molecule has 1 heterocycles. The molecule has 0 atom stereocenters. The molecule has 3 rings (SSSR count). The highest BCUT2D eigenvalue weighted by atomic mass is 19.3. The highest BCUT2D eigenvalue weighted by Crippen LogP contribution is 2.32. The Hall–Kier alpha value is -4.34. The second kappa shape index (κ2) is 10.5. The van der Waals surface area contributed by atoms with Gasteiger partial charge in [-0.1, -0.05) is 0 Å². The summed E-state index contributed by atoms with van der Waals surface area (Å²) in [5.41, 5.74) is -0.930. The SMILES string of the molecule is COc1ccc(C(=O)N(C(=O)c2ccc(OC)cc2)c2cc(F)c(C=C(F)F)nc2OC)cc1. The van der Waals surface area contributed by atoms with Gasteiger partial charge < -0.3 is 14.2 Å². The van der Waals surface area contributed by atoms with E-state index in [0.717, 1.165) is 13.2 Å². The lowest BCUT2D eigenvalue weighted by Crippen LogP contribution is -2.37. The van der Waals surface area contributed by atoms with Crippen LogP contribution in [-0.4, -0.2) is 38.1 Å². The van der Waals surface area contributed by atoms with Crippen molar-refractivity contribution in [3.05, 3.63) is 83.3 Å². The first-order valence-corrected chi connectivity index (χ1v) is 9.73. The summed E-state index contributed by atoms with van der Waals surface area (Å²) in [5, 5.41) is 0. The first-order chi connectivity index (χ1) is 16.3. The number of benzene rings is 2. The lowest BCUT2D eigenvalue weighted by molar-refractivity contribution is 0.0896. The minimum Gasteiger partial charge on any atom is -0.497 e. The van der Waals surface area contributed by atoms with Gasteiger partial charge in [0.1, 0.15) is 22.9 Å². The zero-order chi connectivity index (χ0) is 24.8. The number of nitrogens with zero attached hydrogens (tertiary/aromatic N) is 2. The van der Waals surface area contributed by atoms with Gasteiger partial charge in [0.25, 0.3) is 17.9 Å².